The molecule has 1 N–H and O–H groups in total. The average Bonchev–Trinajstić information content (AvgIpc) is 2.89. The van der Waals surface area contributed by atoms with Crippen molar-refractivity contribution in [1.82, 2.24) is 4.90 Å². The molecule has 1 unspecified atom stereocenters. The van der Waals surface area contributed by atoms with Gasteiger partial charge in [-0.15, -0.1) is 0 Å². The monoisotopic (exact) mass is 331 g/mol. The van der Waals surface area contributed by atoms with E-state index in [-0.39, 0.29) is 12.5 Å². The van der Waals surface area contributed by atoms with E-state index in [2.05, 4.69) is 0 Å². The molecule has 124 valence electrons. The lowest BCUT2D eigenvalue weighted by Crippen LogP contribution is -2.27. The van der Waals surface area contributed by atoms with Gasteiger partial charge in [0.1, 0.15) is 11.5 Å². The minimum Gasteiger partial charge on any atom is -0.457 e. The maximum atomic E-state index is 12.6. The van der Waals surface area contributed by atoms with E-state index in [1.165, 1.54) is 4.90 Å². The highest BCUT2D eigenvalue weighted by molar-refractivity contribution is 5.98. The van der Waals surface area contributed by atoms with Gasteiger partial charge in [0.2, 0.25) is 0 Å². The Hall–Kier alpha value is -3.11. The number of nitrogens with zero attached hydrogens (tertiary/aromatic N) is 1. The van der Waals surface area contributed by atoms with Crippen LogP contribution in [0.5, 0.6) is 11.5 Å². The summed E-state index contributed by atoms with van der Waals surface area (Å²) in [6, 6.07) is 24.2. The second kappa shape index (κ2) is 6.42. The fraction of sp³-hybridized carbons (Fsp3) is 0.0952. The van der Waals surface area contributed by atoms with Crippen molar-refractivity contribution < 1.29 is 14.6 Å². The molecule has 3 aromatic rings. The second-order valence-electron chi connectivity index (χ2n) is 5.92. The number of carbonyl (C=O) groups is 1. The van der Waals surface area contributed by atoms with Crippen LogP contribution in [0, 0.1) is 0 Å². The minimum absolute atomic E-state index is 0.169. The number of hydrogen-bond donors (Lipinski definition) is 1. The molecular formula is C21H17NO3. The fourth-order valence-corrected chi connectivity index (χ4v) is 3.04. The smallest absolute Gasteiger partial charge is 0.256 e. The van der Waals surface area contributed by atoms with Gasteiger partial charge in [-0.2, -0.15) is 0 Å². The van der Waals surface area contributed by atoms with Crippen molar-refractivity contribution in [2.75, 3.05) is 0 Å². The minimum atomic E-state index is -0.937. The number of ether oxygens (including phenoxy) is 1. The van der Waals surface area contributed by atoms with Crippen molar-refractivity contribution in [2.24, 2.45) is 0 Å². The molecule has 25 heavy (non-hydrogen) atoms. The lowest BCUT2D eigenvalue weighted by Gasteiger charge is -2.22. The summed E-state index contributed by atoms with van der Waals surface area (Å²) < 4.78 is 5.95. The lowest BCUT2D eigenvalue weighted by molar-refractivity contribution is 0.0135. The molecule has 0 saturated heterocycles. The van der Waals surface area contributed by atoms with Crippen LogP contribution in [0.25, 0.3) is 0 Å². The molecule has 4 heteroatoms. The zero-order chi connectivity index (χ0) is 17.2. The first-order valence-electron chi connectivity index (χ1n) is 8.13. The van der Waals surface area contributed by atoms with Crippen molar-refractivity contribution in [2.45, 2.75) is 12.8 Å². The first kappa shape index (κ1) is 15.4. The Morgan fingerprint density at radius 3 is 2.36 bits per heavy atom. The van der Waals surface area contributed by atoms with Crippen molar-refractivity contribution >= 4 is 5.91 Å². The van der Waals surface area contributed by atoms with E-state index in [0.29, 0.717) is 16.9 Å². The summed E-state index contributed by atoms with van der Waals surface area (Å²) in [6.45, 7) is 0.275. The van der Waals surface area contributed by atoms with Crippen LogP contribution < -0.4 is 4.74 Å². The molecule has 1 heterocycles. The Bertz CT molecular complexity index is 908. The van der Waals surface area contributed by atoms with E-state index in [9.17, 15) is 9.90 Å². The highest BCUT2D eigenvalue weighted by Crippen LogP contribution is 2.34. The predicted molar refractivity (Wildman–Crippen MR) is 94.2 cm³/mol. The lowest BCUT2D eigenvalue weighted by atomic mass is 10.1. The fourth-order valence-electron chi connectivity index (χ4n) is 3.04. The Morgan fingerprint density at radius 2 is 1.56 bits per heavy atom. The zero-order valence-electron chi connectivity index (χ0n) is 13.5. The van der Waals surface area contributed by atoms with Gasteiger partial charge in [0.05, 0.1) is 6.54 Å². The first-order chi connectivity index (χ1) is 12.2. The third kappa shape index (κ3) is 2.88. The molecule has 4 rings (SSSR count). The summed E-state index contributed by atoms with van der Waals surface area (Å²) in [6.07, 6.45) is -0.937. The van der Waals surface area contributed by atoms with Gasteiger partial charge in [-0.05, 0) is 24.3 Å². The van der Waals surface area contributed by atoms with E-state index < -0.39 is 6.23 Å². The third-order valence-electron chi connectivity index (χ3n) is 4.31. The van der Waals surface area contributed by atoms with E-state index in [1.807, 2.05) is 60.7 Å². The van der Waals surface area contributed by atoms with Gasteiger partial charge in [0.25, 0.3) is 5.91 Å². The highest BCUT2D eigenvalue weighted by Gasteiger charge is 2.35. The number of amides is 1. The standard InChI is InChI=1S/C21H17NO3/c23-20-17-11-5-6-12-18(17)21(24)22(20)14-15-8-4-7-13-19(15)25-16-9-2-1-3-10-16/h1-13,20,23H,14H2. The molecule has 1 amide bonds. The highest BCUT2D eigenvalue weighted by atomic mass is 16.5. The maximum Gasteiger partial charge on any atom is 0.256 e. The van der Waals surface area contributed by atoms with Crippen LogP contribution in [-0.2, 0) is 6.54 Å². The van der Waals surface area contributed by atoms with Crippen LogP contribution >= 0.6 is 0 Å². The number of fused-ring (bicyclic) bond motifs is 1. The van der Waals surface area contributed by atoms with Crippen LogP contribution in [-0.4, -0.2) is 15.9 Å². The average molecular weight is 331 g/mol. The quantitative estimate of drug-likeness (QED) is 0.782. The molecule has 0 radical (unpaired) electrons. The van der Waals surface area contributed by atoms with Crippen LogP contribution in [0.4, 0.5) is 0 Å². The molecule has 0 bridgehead atoms. The van der Waals surface area contributed by atoms with Crippen LogP contribution in [0.3, 0.4) is 0 Å². The molecule has 0 saturated carbocycles. The number of aliphatic hydroxyl groups excluding tert-OH is 1. The molecule has 0 spiro atoms. The van der Waals surface area contributed by atoms with Crippen molar-refractivity contribution in [3.8, 4) is 11.5 Å². The SMILES string of the molecule is O=C1c2ccccc2C(O)N1Cc1ccccc1Oc1ccccc1. The molecule has 1 aliphatic rings. The van der Waals surface area contributed by atoms with Gasteiger partial charge in [-0.25, -0.2) is 0 Å². The number of rotatable bonds is 4. The Kier molecular flexibility index (Phi) is 3.96. The van der Waals surface area contributed by atoms with E-state index in [4.69, 9.17) is 4.74 Å². The topological polar surface area (TPSA) is 49.8 Å². The number of aliphatic hydroxyl groups is 1. The van der Waals surface area contributed by atoms with Gasteiger partial charge in [-0.3, -0.25) is 4.79 Å². The van der Waals surface area contributed by atoms with E-state index in [1.54, 1.807) is 18.2 Å². The predicted octanol–water partition coefficient (Wildman–Crippen LogP) is 4.13. The van der Waals surface area contributed by atoms with Crippen molar-refractivity contribution in [3.05, 3.63) is 95.6 Å². The third-order valence-corrected chi connectivity index (χ3v) is 4.31. The number of benzene rings is 3. The molecule has 0 aliphatic carbocycles. The van der Waals surface area contributed by atoms with Crippen LogP contribution in [0.15, 0.2) is 78.9 Å². The Labute approximate surface area is 145 Å². The summed E-state index contributed by atoms with van der Waals surface area (Å²) in [5, 5.41) is 10.5. The summed E-state index contributed by atoms with van der Waals surface area (Å²) in [4.78, 5) is 14.1. The first-order valence-corrected chi connectivity index (χ1v) is 8.13. The van der Waals surface area contributed by atoms with Crippen LogP contribution in [0.2, 0.25) is 0 Å². The summed E-state index contributed by atoms with van der Waals surface area (Å²) in [7, 11) is 0. The molecule has 0 aromatic heterocycles. The van der Waals surface area contributed by atoms with Gasteiger partial charge in [-0.1, -0.05) is 54.6 Å². The van der Waals surface area contributed by atoms with Crippen molar-refractivity contribution in [1.29, 1.82) is 0 Å². The van der Waals surface area contributed by atoms with Gasteiger partial charge in [0, 0.05) is 16.7 Å². The molecule has 1 atom stereocenters. The number of para-hydroxylation sites is 2. The number of carbonyl (C=O) groups excluding carboxylic acids is 1. The molecule has 0 fully saturated rings. The Morgan fingerprint density at radius 1 is 0.880 bits per heavy atom. The van der Waals surface area contributed by atoms with Gasteiger partial charge < -0.3 is 14.7 Å². The molecular weight excluding hydrogens is 314 g/mol. The van der Waals surface area contributed by atoms with Gasteiger partial charge >= 0.3 is 0 Å². The van der Waals surface area contributed by atoms with Gasteiger partial charge in [0.15, 0.2) is 6.23 Å². The van der Waals surface area contributed by atoms with Crippen molar-refractivity contribution in [3.63, 3.8) is 0 Å². The van der Waals surface area contributed by atoms with E-state index in [0.717, 1.165) is 11.3 Å². The largest absolute Gasteiger partial charge is 0.457 e. The molecule has 4 nitrogen and oxygen atoms in total. The maximum absolute atomic E-state index is 12.6. The summed E-state index contributed by atoms with van der Waals surface area (Å²) in [5.74, 6) is 1.23. The normalized spacial score (nSPS) is 16.0. The molecule has 1 aliphatic heterocycles. The van der Waals surface area contributed by atoms with Crippen LogP contribution in [0.1, 0.15) is 27.7 Å². The van der Waals surface area contributed by atoms with E-state index >= 15 is 0 Å². The summed E-state index contributed by atoms with van der Waals surface area (Å²) >= 11 is 0. The molecule has 3 aromatic carbocycles. The second-order valence-corrected chi connectivity index (χ2v) is 5.92. The zero-order valence-corrected chi connectivity index (χ0v) is 13.5. The summed E-state index contributed by atoms with van der Waals surface area (Å²) in [5.41, 5.74) is 2.04. The number of hydrogen-bond acceptors (Lipinski definition) is 3. The Balaban J connectivity index is 1.61.